The summed E-state index contributed by atoms with van der Waals surface area (Å²) < 4.78 is 5.32. The van der Waals surface area contributed by atoms with Crippen LogP contribution in [0.5, 0.6) is 0 Å². The van der Waals surface area contributed by atoms with Gasteiger partial charge in [0.1, 0.15) is 0 Å². The van der Waals surface area contributed by atoms with Gasteiger partial charge < -0.3 is 15.5 Å². The van der Waals surface area contributed by atoms with E-state index in [1.807, 2.05) is 0 Å². The molecule has 0 bridgehead atoms. The van der Waals surface area contributed by atoms with Crippen molar-refractivity contribution in [3.05, 3.63) is 5.89 Å². The van der Waals surface area contributed by atoms with E-state index in [-0.39, 0.29) is 0 Å². The Kier molecular flexibility index (Phi) is 4.75. The van der Waals surface area contributed by atoms with Gasteiger partial charge in [0.25, 0.3) is 0 Å². The summed E-state index contributed by atoms with van der Waals surface area (Å²) in [6.07, 6.45) is 2.69. The second kappa shape index (κ2) is 5.87. The van der Waals surface area contributed by atoms with Crippen LogP contribution in [0.4, 0.5) is 6.01 Å². The molecule has 0 saturated carbocycles. The maximum absolute atomic E-state index is 5.37. The zero-order valence-electron chi connectivity index (χ0n) is 8.49. The van der Waals surface area contributed by atoms with Crippen LogP contribution >= 0.6 is 11.8 Å². The minimum Gasteiger partial charge on any atom is -0.408 e. The van der Waals surface area contributed by atoms with Crippen LogP contribution in [0.1, 0.15) is 12.8 Å². The van der Waals surface area contributed by atoms with Gasteiger partial charge in [-0.25, -0.2) is 0 Å². The lowest BCUT2D eigenvalue weighted by Crippen LogP contribution is -2.17. The molecule has 1 aromatic rings. The van der Waals surface area contributed by atoms with Gasteiger partial charge in [0, 0.05) is 24.8 Å². The fourth-order valence-electron chi connectivity index (χ4n) is 1.04. The summed E-state index contributed by atoms with van der Waals surface area (Å²) in [5.41, 5.74) is 5.37. The minimum absolute atomic E-state index is 0.330. The Morgan fingerprint density at radius 3 is 3.00 bits per heavy atom. The molecule has 14 heavy (non-hydrogen) atoms. The van der Waals surface area contributed by atoms with Gasteiger partial charge >= 0.3 is 6.01 Å². The molecule has 0 aliphatic heterocycles. The standard InChI is InChI=1S/C8H16N4OS/c1-6(5-14-2)10-8-12-11-7(13-8)3-4-9/h6H,3-5,9H2,1-2H3,(H,10,12). The Labute approximate surface area is 87.8 Å². The molecule has 0 fully saturated rings. The smallest absolute Gasteiger partial charge is 0.315 e. The molecule has 5 nitrogen and oxygen atoms in total. The van der Waals surface area contributed by atoms with Crippen LogP contribution in [-0.4, -0.2) is 34.8 Å². The molecule has 0 radical (unpaired) electrons. The highest BCUT2D eigenvalue weighted by molar-refractivity contribution is 7.98. The zero-order chi connectivity index (χ0) is 10.4. The van der Waals surface area contributed by atoms with Crippen LogP contribution in [-0.2, 0) is 6.42 Å². The van der Waals surface area contributed by atoms with Crippen molar-refractivity contribution >= 4 is 17.8 Å². The number of nitrogens with two attached hydrogens (primary N) is 1. The van der Waals surface area contributed by atoms with Gasteiger partial charge in [0.05, 0.1) is 0 Å². The maximum Gasteiger partial charge on any atom is 0.315 e. The van der Waals surface area contributed by atoms with E-state index in [0.717, 1.165) is 5.75 Å². The Balaban J connectivity index is 2.42. The van der Waals surface area contributed by atoms with E-state index in [1.54, 1.807) is 11.8 Å². The van der Waals surface area contributed by atoms with Crippen LogP contribution in [0.2, 0.25) is 0 Å². The Morgan fingerprint density at radius 2 is 2.36 bits per heavy atom. The van der Waals surface area contributed by atoms with Crippen molar-refractivity contribution in [1.82, 2.24) is 10.2 Å². The first-order valence-electron chi connectivity index (χ1n) is 4.54. The largest absolute Gasteiger partial charge is 0.408 e. The SMILES string of the molecule is CSCC(C)Nc1nnc(CCN)o1. The van der Waals surface area contributed by atoms with Crippen LogP contribution in [0, 0.1) is 0 Å². The quantitative estimate of drug-likeness (QED) is 0.730. The molecule has 0 aliphatic carbocycles. The second-order valence-electron chi connectivity index (χ2n) is 3.04. The number of nitrogens with zero attached hydrogens (tertiary/aromatic N) is 2. The first kappa shape index (κ1) is 11.3. The average Bonchev–Trinajstić information content (AvgIpc) is 2.53. The molecule has 0 aliphatic rings. The van der Waals surface area contributed by atoms with Gasteiger partial charge in [-0.1, -0.05) is 5.10 Å². The second-order valence-corrected chi connectivity index (χ2v) is 3.95. The average molecular weight is 216 g/mol. The molecule has 1 aromatic heterocycles. The van der Waals surface area contributed by atoms with E-state index in [2.05, 4.69) is 28.7 Å². The number of anilines is 1. The summed E-state index contributed by atoms with van der Waals surface area (Å²) in [5, 5.41) is 10.8. The predicted octanol–water partition coefficient (Wildman–Crippen LogP) is 0.734. The molecule has 0 spiro atoms. The van der Waals surface area contributed by atoms with Gasteiger partial charge in [-0.2, -0.15) is 11.8 Å². The third-order valence-corrected chi connectivity index (χ3v) is 2.44. The monoisotopic (exact) mass is 216 g/mol. The van der Waals surface area contributed by atoms with Gasteiger partial charge in [-0.15, -0.1) is 5.10 Å². The number of aromatic nitrogens is 2. The lowest BCUT2D eigenvalue weighted by Gasteiger charge is -2.08. The number of nitrogens with one attached hydrogen (secondary N) is 1. The van der Waals surface area contributed by atoms with E-state index in [4.69, 9.17) is 10.2 Å². The van der Waals surface area contributed by atoms with Crippen LogP contribution in [0.15, 0.2) is 4.42 Å². The predicted molar refractivity (Wildman–Crippen MR) is 58.5 cm³/mol. The summed E-state index contributed by atoms with van der Waals surface area (Å²) >= 11 is 1.77. The van der Waals surface area contributed by atoms with E-state index >= 15 is 0 Å². The molecule has 1 heterocycles. The summed E-state index contributed by atoms with van der Waals surface area (Å²) in [5.74, 6) is 1.60. The van der Waals surface area contributed by atoms with Crippen molar-refractivity contribution < 1.29 is 4.42 Å². The van der Waals surface area contributed by atoms with Crippen LogP contribution in [0.3, 0.4) is 0 Å². The number of rotatable bonds is 6. The van der Waals surface area contributed by atoms with Crippen LogP contribution < -0.4 is 11.1 Å². The highest BCUT2D eigenvalue weighted by Crippen LogP contribution is 2.08. The molecule has 0 saturated heterocycles. The highest BCUT2D eigenvalue weighted by atomic mass is 32.2. The summed E-state index contributed by atoms with van der Waals surface area (Å²) in [6.45, 7) is 2.60. The van der Waals surface area contributed by atoms with Gasteiger partial charge in [0.2, 0.25) is 5.89 Å². The number of thioether (sulfide) groups is 1. The summed E-state index contributed by atoms with van der Waals surface area (Å²) in [6, 6.07) is 0.811. The van der Waals surface area contributed by atoms with Gasteiger partial charge in [0.15, 0.2) is 0 Å². The number of hydrogen-bond donors (Lipinski definition) is 2. The molecule has 80 valence electrons. The molecule has 0 amide bonds. The lowest BCUT2D eigenvalue weighted by molar-refractivity contribution is 0.503. The normalized spacial score (nSPS) is 12.8. The van der Waals surface area contributed by atoms with Gasteiger partial charge in [-0.05, 0) is 13.2 Å². The molecule has 3 N–H and O–H groups in total. The first-order valence-corrected chi connectivity index (χ1v) is 5.93. The van der Waals surface area contributed by atoms with Crippen molar-refractivity contribution in [3.63, 3.8) is 0 Å². The topological polar surface area (TPSA) is 77.0 Å². The maximum atomic E-state index is 5.37. The van der Waals surface area contributed by atoms with Crippen molar-refractivity contribution in [2.45, 2.75) is 19.4 Å². The number of hydrogen-bond acceptors (Lipinski definition) is 6. The fourth-order valence-corrected chi connectivity index (χ4v) is 1.62. The van der Waals surface area contributed by atoms with E-state index < -0.39 is 0 Å². The Bertz CT molecular complexity index is 266. The summed E-state index contributed by atoms with van der Waals surface area (Å²) in [4.78, 5) is 0. The Morgan fingerprint density at radius 1 is 1.57 bits per heavy atom. The molecule has 6 heteroatoms. The van der Waals surface area contributed by atoms with Crippen molar-refractivity contribution in [2.75, 3.05) is 23.9 Å². The highest BCUT2D eigenvalue weighted by Gasteiger charge is 2.07. The zero-order valence-corrected chi connectivity index (χ0v) is 9.30. The van der Waals surface area contributed by atoms with E-state index in [9.17, 15) is 0 Å². The third-order valence-electron chi connectivity index (χ3n) is 1.61. The minimum atomic E-state index is 0.330. The summed E-state index contributed by atoms with van der Waals surface area (Å²) in [7, 11) is 0. The van der Waals surface area contributed by atoms with Crippen molar-refractivity contribution in [3.8, 4) is 0 Å². The van der Waals surface area contributed by atoms with Crippen LogP contribution in [0.25, 0.3) is 0 Å². The third kappa shape index (κ3) is 3.55. The molecule has 0 aromatic carbocycles. The lowest BCUT2D eigenvalue weighted by atomic mass is 10.4. The first-order chi connectivity index (χ1) is 6.76. The van der Waals surface area contributed by atoms with Crippen molar-refractivity contribution in [2.24, 2.45) is 5.73 Å². The molecular weight excluding hydrogens is 200 g/mol. The molecule has 1 atom stereocenters. The molecular formula is C8H16N4OS. The van der Waals surface area contributed by atoms with E-state index in [0.29, 0.717) is 30.9 Å². The van der Waals surface area contributed by atoms with Gasteiger partial charge in [-0.3, -0.25) is 0 Å². The van der Waals surface area contributed by atoms with E-state index in [1.165, 1.54) is 0 Å². The Hall–Kier alpha value is -0.750. The fraction of sp³-hybridized carbons (Fsp3) is 0.750. The molecule has 1 unspecified atom stereocenters. The van der Waals surface area contributed by atoms with Crippen molar-refractivity contribution in [1.29, 1.82) is 0 Å². The molecule has 1 rings (SSSR count).